The zero-order valence-corrected chi connectivity index (χ0v) is 16.3. The lowest BCUT2D eigenvalue weighted by molar-refractivity contribution is -0.134. The second-order valence-corrected chi connectivity index (χ2v) is 6.97. The lowest BCUT2D eigenvalue weighted by atomic mass is 10.2. The molecule has 1 aromatic rings. The lowest BCUT2D eigenvalue weighted by Crippen LogP contribution is -2.54. The molecule has 1 aliphatic heterocycles. The number of rotatable bonds is 5. The summed E-state index contributed by atoms with van der Waals surface area (Å²) in [7, 11) is -2.17. The molecule has 144 valence electrons. The van der Waals surface area contributed by atoms with Gasteiger partial charge in [-0.3, -0.25) is 4.79 Å². The number of sulfonamides is 1. The molecular formula is C14H24Cl2N4O4S. The highest BCUT2D eigenvalue weighted by Gasteiger charge is 2.25. The van der Waals surface area contributed by atoms with Crippen LogP contribution in [0.25, 0.3) is 0 Å². The number of halogens is 2. The summed E-state index contributed by atoms with van der Waals surface area (Å²) in [6.07, 6.45) is 0. The van der Waals surface area contributed by atoms with Crippen LogP contribution in [-0.4, -0.2) is 65.2 Å². The van der Waals surface area contributed by atoms with Crippen molar-refractivity contribution in [2.45, 2.75) is 10.9 Å². The van der Waals surface area contributed by atoms with Gasteiger partial charge in [-0.15, -0.1) is 24.8 Å². The summed E-state index contributed by atoms with van der Waals surface area (Å²) in [6.45, 7) is 2.63. The van der Waals surface area contributed by atoms with Crippen LogP contribution < -0.4 is 15.8 Å². The molecule has 0 saturated carbocycles. The van der Waals surface area contributed by atoms with Crippen molar-refractivity contribution in [3.05, 3.63) is 24.3 Å². The molecule has 1 fully saturated rings. The molecule has 0 aromatic heterocycles. The molecule has 1 aliphatic rings. The molecule has 4 N–H and O–H groups in total. The van der Waals surface area contributed by atoms with Crippen molar-refractivity contribution in [1.29, 1.82) is 0 Å². The summed E-state index contributed by atoms with van der Waals surface area (Å²) in [5, 5.41) is 5.08. The fourth-order valence-electron chi connectivity index (χ4n) is 2.52. The van der Waals surface area contributed by atoms with Crippen molar-refractivity contribution in [3.8, 4) is 0 Å². The van der Waals surface area contributed by atoms with E-state index in [4.69, 9.17) is 15.6 Å². The number of piperazine rings is 1. The molecule has 0 aliphatic carbocycles. The third kappa shape index (κ3) is 6.28. The molecule has 1 heterocycles. The van der Waals surface area contributed by atoms with Gasteiger partial charge in [0.25, 0.3) is 0 Å². The Morgan fingerprint density at radius 2 is 1.68 bits per heavy atom. The second-order valence-electron chi connectivity index (χ2n) is 5.41. The highest BCUT2D eigenvalue weighted by atomic mass is 35.5. The largest absolute Gasteiger partial charge is 0.383 e. The van der Waals surface area contributed by atoms with Crippen LogP contribution in [0, 0.1) is 0 Å². The fraction of sp³-hybridized carbons (Fsp3) is 0.500. The minimum absolute atomic E-state index is 0. The summed E-state index contributed by atoms with van der Waals surface area (Å²) in [5.74, 6) is -0.115. The Morgan fingerprint density at radius 3 is 2.12 bits per heavy atom. The van der Waals surface area contributed by atoms with Crippen LogP contribution in [0.1, 0.15) is 0 Å². The number of anilines is 1. The highest BCUT2D eigenvalue weighted by molar-refractivity contribution is 7.89. The van der Waals surface area contributed by atoms with E-state index in [9.17, 15) is 13.2 Å². The van der Waals surface area contributed by atoms with Crippen LogP contribution >= 0.6 is 24.8 Å². The monoisotopic (exact) mass is 414 g/mol. The Hall–Kier alpha value is -1.10. The molecule has 1 saturated heterocycles. The van der Waals surface area contributed by atoms with E-state index in [1.807, 2.05) is 0 Å². The molecular weight excluding hydrogens is 391 g/mol. The van der Waals surface area contributed by atoms with Crippen molar-refractivity contribution in [2.75, 3.05) is 44.8 Å². The first-order valence-electron chi connectivity index (χ1n) is 7.24. The molecule has 1 atom stereocenters. The Morgan fingerprint density at radius 1 is 1.16 bits per heavy atom. The third-order valence-electron chi connectivity index (χ3n) is 3.79. The van der Waals surface area contributed by atoms with Crippen LogP contribution in [0.15, 0.2) is 29.2 Å². The van der Waals surface area contributed by atoms with Crippen molar-refractivity contribution in [2.24, 2.45) is 10.9 Å². The second kappa shape index (κ2) is 10.1. The van der Waals surface area contributed by atoms with Gasteiger partial charge < -0.3 is 20.3 Å². The first-order valence-corrected chi connectivity index (χ1v) is 8.78. The minimum atomic E-state index is -3.68. The number of hydrogen-bond donors (Lipinski definition) is 2. The minimum Gasteiger partial charge on any atom is -0.383 e. The molecule has 2 rings (SSSR count). The van der Waals surface area contributed by atoms with Gasteiger partial charge in [0.2, 0.25) is 15.9 Å². The summed E-state index contributed by atoms with van der Waals surface area (Å²) in [5.41, 5.74) is 6.66. The van der Waals surface area contributed by atoms with E-state index in [-0.39, 0.29) is 42.2 Å². The van der Waals surface area contributed by atoms with Gasteiger partial charge in [-0.2, -0.15) is 0 Å². The number of nitrogens with zero attached hydrogens (tertiary/aromatic N) is 2. The summed E-state index contributed by atoms with van der Waals surface area (Å²) < 4.78 is 27.4. The van der Waals surface area contributed by atoms with Gasteiger partial charge in [0.15, 0.2) is 0 Å². The zero-order valence-electron chi connectivity index (χ0n) is 13.8. The number of primary sulfonamides is 1. The number of benzene rings is 1. The molecule has 25 heavy (non-hydrogen) atoms. The van der Waals surface area contributed by atoms with Gasteiger partial charge in [0.05, 0.1) is 11.5 Å². The van der Waals surface area contributed by atoms with E-state index in [1.54, 1.807) is 17.0 Å². The van der Waals surface area contributed by atoms with Crippen molar-refractivity contribution >= 4 is 46.4 Å². The molecule has 1 amide bonds. The van der Waals surface area contributed by atoms with E-state index >= 15 is 0 Å². The number of amides is 1. The summed E-state index contributed by atoms with van der Waals surface area (Å²) >= 11 is 0. The van der Waals surface area contributed by atoms with Gasteiger partial charge in [0, 0.05) is 39.0 Å². The topological polar surface area (TPSA) is 119 Å². The van der Waals surface area contributed by atoms with E-state index in [0.717, 1.165) is 5.69 Å². The molecule has 1 aromatic carbocycles. The molecule has 8 nitrogen and oxygen atoms in total. The summed E-state index contributed by atoms with van der Waals surface area (Å²) in [6, 6.07) is 5.76. The Bertz CT molecular complexity index is 649. The van der Waals surface area contributed by atoms with E-state index < -0.39 is 16.1 Å². The van der Waals surface area contributed by atoms with Gasteiger partial charge in [-0.1, -0.05) is 0 Å². The van der Waals surface area contributed by atoms with Crippen molar-refractivity contribution in [1.82, 2.24) is 4.90 Å². The van der Waals surface area contributed by atoms with E-state index in [1.165, 1.54) is 19.2 Å². The summed E-state index contributed by atoms with van der Waals surface area (Å²) in [4.78, 5) is 16.0. The van der Waals surface area contributed by atoms with Gasteiger partial charge in [0.1, 0.15) is 6.04 Å². The van der Waals surface area contributed by atoms with Crippen molar-refractivity contribution in [3.63, 3.8) is 0 Å². The van der Waals surface area contributed by atoms with Crippen LogP contribution in [0.2, 0.25) is 0 Å². The lowest BCUT2D eigenvalue weighted by Gasteiger charge is -2.37. The average Bonchev–Trinajstić information content (AvgIpc) is 2.54. The number of carbonyl (C=O) groups is 1. The maximum absolute atomic E-state index is 12.1. The van der Waals surface area contributed by atoms with Gasteiger partial charge in [-0.05, 0) is 24.3 Å². The van der Waals surface area contributed by atoms with Crippen LogP contribution in [-0.2, 0) is 19.6 Å². The number of methoxy groups -OCH3 is 1. The maximum atomic E-state index is 12.1. The highest BCUT2D eigenvalue weighted by Crippen LogP contribution is 2.19. The van der Waals surface area contributed by atoms with E-state index in [2.05, 4.69) is 4.90 Å². The number of ether oxygens (including phenoxy) is 1. The third-order valence-corrected chi connectivity index (χ3v) is 4.71. The predicted octanol–water partition coefficient (Wildman–Crippen LogP) is -0.200. The smallest absolute Gasteiger partial charge is 0.241 e. The SMILES string of the molecule is COCC(N)C(=O)N1CCN(c2ccc(S(N)(=O)=O)cc2)CC1.Cl.Cl. The fourth-order valence-corrected chi connectivity index (χ4v) is 3.03. The number of nitrogens with two attached hydrogens (primary N) is 2. The van der Waals surface area contributed by atoms with Crippen LogP contribution in [0.4, 0.5) is 5.69 Å². The zero-order chi connectivity index (χ0) is 17.0. The molecule has 0 spiro atoms. The Kier molecular flexibility index (Phi) is 9.70. The van der Waals surface area contributed by atoms with Gasteiger partial charge in [-0.25, -0.2) is 13.6 Å². The first-order chi connectivity index (χ1) is 10.8. The average molecular weight is 415 g/mol. The standard InChI is InChI=1S/C14H22N4O4S.2ClH/c1-22-10-13(15)14(19)18-8-6-17(7-9-18)11-2-4-12(5-3-11)23(16,20)21;;/h2-5,13H,6-10,15H2,1H3,(H2,16,20,21);2*1H. The van der Waals surface area contributed by atoms with Gasteiger partial charge >= 0.3 is 0 Å². The van der Waals surface area contributed by atoms with Crippen LogP contribution in [0.3, 0.4) is 0 Å². The molecule has 1 unspecified atom stereocenters. The molecule has 0 radical (unpaired) electrons. The van der Waals surface area contributed by atoms with E-state index in [0.29, 0.717) is 26.2 Å². The van der Waals surface area contributed by atoms with Crippen molar-refractivity contribution < 1.29 is 17.9 Å². The maximum Gasteiger partial charge on any atom is 0.241 e. The Balaban J connectivity index is 0.00000288. The quantitative estimate of drug-likeness (QED) is 0.688. The number of hydrogen-bond acceptors (Lipinski definition) is 6. The number of carbonyl (C=O) groups excluding carboxylic acids is 1. The molecule has 0 bridgehead atoms. The predicted molar refractivity (Wildman–Crippen MR) is 101 cm³/mol. The van der Waals surface area contributed by atoms with Crippen LogP contribution in [0.5, 0.6) is 0 Å². The first kappa shape index (κ1) is 23.9. The molecule has 11 heteroatoms. The normalized spacial score (nSPS) is 15.8. The Labute approximate surface area is 160 Å².